The Morgan fingerprint density at radius 1 is 0.854 bits per heavy atom. The summed E-state index contributed by atoms with van der Waals surface area (Å²) in [7, 11) is 0. The third-order valence-corrected chi connectivity index (χ3v) is 9.11. The minimum atomic E-state index is 0.647. The second kappa shape index (κ2) is 16.2. The average molecular weight is 584 g/mol. The summed E-state index contributed by atoms with van der Waals surface area (Å²) in [5.74, 6) is 0. The highest BCUT2D eigenvalue weighted by molar-refractivity contribution is 7.29. The summed E-state index contributed by atoms with van der Waals surface area (Å²) >= 11 is 3.11. The monoisotopic (exact) mass is 583 g/mol. The van der Waals surface area contributed by atoms with E-state index < -0.39 is 0 Å². The summed E-state index contributed by atoms with van der Waals surface area (Å²) < 4.78 is 1.06. The van der Waals surface area contributed by atoms with Crippen LogP contribution in [0.4, 0.5) is 16.5 Å². The molecule has 4 aromatic rings. The number of fused-ring (bicyclic) bond motifs is 1. The number of hydrogen-bond acceptors (Lipinski definition) is 7. The molecule has 0 saturated heterocycles. The maximum atomic E-state index is 9.83. The van der Waals surface area contributed by atoms with Crippen molar-refractivity contribution in [2.45, 2.75) is 78.6 Å². The number of unbranched alkanes of at least 4 members (excludes halogenated alkanes) is 5. The predicted molar refractivity (Wildman–Crippen MR) is 178 cm³/mol. The smallest absolute Gasteiger partial charge is 0.231 e. The number of aryl methyl sites for hydroxylation is 1. The lowest BCUT2D eigenvalue weighted by Gasteiger charge is -2.24. The van der Waals surface area contributed by atoms with Gasteiger partial charge in [0.05, 0.1) is 22.0 Å². The molecule has 214 valence electrons. The Balaban J connectivity index is 1.39. The maximum Gasteiger partial charge on any atom is 0.231 e. The molecule has 0 atom stereocenters. The number of allylic oxidation sites excluding steroid dienone is 1. The zero-order chi connectivity index (χ0) is 28.9. The van der Waals surface area contributed by atoms with Gasteiger partial charge in [0.2, 0.25) is 5.13 Å². The van der Waals surface area contributed by atoms with Crippen molar-refractivity contribution < 1.29 is 0 Å². The molecule has 2 aromatic carbocycles. The highest BCUT2D eigenvalue weighted by Gasteiger charge is 2.10. The molecule has 2 aromatic heterocycles. The third kappa shape index (κ3) is 9.08. The van der Waals surface area contributed by atoms with Gasteiger partial charge in [-0.1, -0.05) is 88.5 Å². The van der Waals surface area contributed by atoms with Gasteiger partial charge in [0, 0.05) is 23.7 Å². The molecule has 0 unspecified atom stereocenters. The summed E-state index contributed by atoms with van der Waals surface area (Å²) in [4.78, 5) is 9.09. The first-order chi connectivity index (χ1) is 20.1. The molecule has 0 radical (unpaired) electrons. The van der Waals surface area contributed by atoms with E-state index in [0.717, 1.165) is 45.2 Å². The van der Waals surface area contributed by atoms with Crippen LogP contribution in [-0.4, -0.2) is 18.1 Å². The van der Waals surface area contributed by atoms with Gasteiger partial charge < -0.3 is 4.90 Å². The van der Waals surface area contributed by atoms with Crippen LogP contribution in [0.3, 0.4) is 0 Å². The number of nitriles is 1. The van der Waals surface area contributed by atoms with Crippen LogP contribution in [0.15, 0.2) is 64.8 Å². The van der Waals surface area contributed by atoms with Gasteiger partial charge in [0.15, 0.2) is 0 Å². The number of rotatable bonds is 16. The molecule has 0 aliphatic carbocycles. The van der Waals surface area contributed by atoms with Crippen molar-refractivity contribution in [2.24, 2.45) is 10.2 Å². The lowest BCUT2D eigenvalue weighted by Crippen LogP contribution is -2.25. The minimum absolute atomic E-state index is 0.647. The Morgan fingerprint density at radius 2 is 1.56 bits per heavy atom. The first-order valence-electron chi connectivity index (χ1n) is 15.0. The van der Waals surface area contributed by atoms with Crippen molar-refractivity contribution in [3.63, 3.8) is 0 Å². The SMILES string of the molecule is CCCCCCc1ccc(/C(C#N)=C/c2cc3sc(N=Nc4ccc(N(CCCC)CCCC)cc4)nc3s2)cc1. The van der Waals surface area contributed by atoms with Gasteiger partial charge in [-0.15, -0.1) is 21.6 Å². The number of azo groups is 1. The van der Waals surface area contributed by atoms with Crippen LogP contribution in [0.5, 0.6) is 0 Å². The Labute approximate surface area is 253 Å². The van der Waals surface area contributed by atoms with E-state index in [1.54, 1.807) is 11.3 Å². The summed E-state index contributed by atoms with van der Waals surface area (Å²) in [5.41, 5.74) is 5.03. The van der Waals surface area contributed by atoms with Crippen molar-refractivity contribution >= 4 is 60.4 Å². The van der Waals surface area contributed by atoms with Gasteiger partial charge in [-0.25, -0.2) is 4.98 Å². The second-order valence-corrected chi connectivity index (χ2v) is 12.5. The van der Waals surface area contributed by atoms with Crippen LogP contribution < -0.4 is 4.90 Å². The summed E-state index contributed by atoms with van der Waals surface area (Å²) in [5, 5.41) is 19.3. The van der Waals surface area contributed by atoms with Crippen molar-refractivity contribution in [2.75, 3.05) is 18.0 Å². The standard InChI is InChI=1S/C34H41N5S2/c1-4-7-10-11-12-26-13-15-27(16-14-26)28(25-35)23-31-24-32-33(40-31)36-34(41-32)38-37-29-17-19-30(20-18-29)39(21-8-5-2)22-9-6-3/h13-20,23-24H,4-12,21-22H2,1-3H3/b28-23+,38-37?. The summed E-state index contributed by atoms with van der Waals surface area (Å²) in [6.45, 7) is 8.89. The van der Waals surface area contributed by atoms with Crippen molar-refractivity contribution in [1.82, 2.24) is 4.98 Å². The van der Waals surface area contributed by atoms with E-state index in [1.807, 2.05) is 18.2 Å². The molecule has 0 aliphatic rings. The van der Waals surface area contributed by atoms with Crippen LogP contribution in [0, 0.1) is 11.3 Å². The Bertz CT molecular complexity index is 1420. The predicted octanol–water partition coefficient (Wildman–Crippen LogP) is 11.4. The van der Waals surface area contributed by atoms with Crippen molar-refractivity contribution in [3.8, 4) is 6.07 Å². The Kier molecular flexibility index (Phi) is 12.1. The molecule has 0 N–H and O–H groups in total. The van der Waals surface area contributed by atoms with Gasteiger partial charge >= 0.3 is 0 Å². The molecule has 0 saturated carbocycles. The summed E-state index contributed by atoms with van der Waals surface area (Å²) in [6, 6.07) is 21.3. The fourth-order valence-electron chi connectivity index (χ4n) is 4.68. The third-order valence-electron chi connectivity index (χ3n) is 7.12. The molecule has 0 fully saturated rings. The van der Waals surface area contributed by atoms with Gasteiger partial charge in [0.25, 0.3) is 0 Å². The van der Waals surface area contributed by atoms with Gasteiger partial charge in [-0.2, -0.15) is 5.26 Å². The molecule has 7 heteroatoms. The fraction of sp³-hybridized carbons (Fsp3) is 0.412. The van der Waals surface area contributed by atoms with E-state index in [1.165, 1.54) is 74.0 Å². The molecule has 0 spiro atoms. The van der Waals surface area contributed by atoms with E-state index in [4.69, 9.17) is 0 Å². The number of thiophene rings is 1. The van der Waals surface area contributed by atoms with Crippen molar-refractivity contribution in [3.05, 3.63) is 70.6 Å². The van der Waals surface area contributed by atoms with E-state index in [2.05, 4.69) is 89.4 Å². The van der Waals surface area contributed by atoms with E-state index in [-0.39, 0.29) is 0 Å². The zero-order valence-electron chi connectivity index (χ0n) is 24.6. The average Bonchev–Trinajstić information content (AvgIpc) is 3.56. The van der Waals surface area contributed by atoms with E-state index in [9.17, 15) is 5.26 Å². The van der Waals surface area contributed by atoms with Crippen LogP contribution in [0.1, 0.15) is 88.1 Å². The molecule has 4 rings (SSSR count). The number of anilines is 1. The molecule has 0 amide bonds. The van der Waals surface area contributed by atoms with Gasteiger partial charge in [-0.05, 0) is 73.2 Å². The Morgan fingerprint density at radius 3 is 2.20 bits per heavy atom. The zero-order valence-corrected chi connectivity index (χ0v) is 26.2. The second-order valence-electron chi connectivity index (χ2n) is 10.4. The fourth-order valence-corrected chi connectivity index (χ4v) is 6.67. The molecular formula is C34H41N5S2. The van der Waals surface area contributed by atoms with Gasteiger partial charge in [0.1, 0.15) is 4.83 Å². The minimum Gasteiger partial charge on any atom is -0.372 e. The number of hydrogen-bond donors (Lipinski definition) is 0. The molecule has 41 heavy (non-hydrogen) atoms. The normalized spacial score (nSPS) is 11.9. The Hall–Kier alpha value is -3.34. The lowest BCUT2D eigenvalue weighted by molar-refractivity contribution is 0.667. The van der Waals surface area contributed by atoms with E-state index in [0.29, 0.717) is 10.7 Å². The highest BCUT2D eigenvalue weighted by Crippen LogP contribution is 2.36. The quantitative estimate of drug-likeness (QED) is 0.0748. The van der Waals surface area contributed by atoms with Crippen LogP contribution in [0.2, 0.25) is 0 Å². The van der Waals surface area contributed by atoms with Crippen LogP contribution in [0.25, 0.3) is 21.2 Å². The first-order valence-corrected chi connectivity index (χ1v) is 16.6. The van der Waals surface area contributed by atoms with Crippen LogP contribution >= 0.6 is 22.7 Å². The maximum absolute atomic E-state index is 9.83. The number of thiazole rings is 1. The number of nitrogens with zero attached hydrogens (tertiary/aromatic N) is 5. The molecular weight excluding hydrogens is 543 g/mol. The molecule has 0 aliphatic heterocycles. The molecule has 2 heterocycles. The van der Waals surface area contributed by atoms with E-state index >= 15 is 0 Å². The van der Waals surface area contributed by atoms with Crippen molar-refractivity contribution in [1.29, 1.82) is 5.26 Å². The molecule has 5 nitrogen and oxygen atoms in total. The number of aromatic nitrogens is 1. The lowest BCUT2D eigenvalue weighted by atomic mass is 10.0. The van der Waals surface area contributed by atoms with Crippen LogP contribution in [-0.2, 0) is 6.42 Å². The van der Waals surface area contributed by atoms with Gasteiger partial charge in [-0.3, -0.25) is 0 Å². The highest BCUT2D eigenvalue weighted by atomic mass is 32.1. The topological polar surface area (TPSA) is 64.6 Å². The number of benzene rings is 2. The largest absolute Gasteiger partial charge is 0.372 e. The first kappa shape index (κ1) is 30.6. The summed E-state index contributed by atoms with van der Waals surface area (Å²) in [6.07, 6.45) is 12.9. The molecule has 0 bridgehead atoms.